The van der Waals surface area contributed by atoms with E-state index in [1.54, 1.807) is 4.68 Å². The number of aryl methyl sites for hydroxylation is 3. The Labute approximate surface area is 181 Å². The van der Waals surface area contributed by atoms with Crippen LogP contribution in [0.4, 0.5) is 5.69 Å². The second-order valence-corrected chi connectivity index (χ2v) is 8.24. The normalized spacial score (nSPS) is 11.1. The van der Waals surface area contributed by atoms with Crippen molar-refractivity contribution in [2.24, 2.45) is 0 Å². The fourth-order valence-electron chi connectivity index (χ4n) is 3.43. The molecule has 2 aromatic carbocycles. The van der Waals surface area contributed by atoms with Crippen molar-refractivity contribution in [1.82, 2.24) is 19.3 Å². The van der Waals surface area contributed by atoms with E-state index in [0.717, 1.165) is 26.9 Å². The van der Waals surface area contributed by atoms with Crippen molar-refractivity contribution in [2.45, 2.75) is 27.3 Å². The Morgan fingerprint density at radius 1 is 1.10 bits per heavy atom. The fraction of sp³-hybridized carbons (Fsp3) is 0.182. The van der Waals surface area contributed by atoms with Crippen molar-refractivity contribution >= 4 is 38.6 Å². The largest absolute Gasteiger partial charge is 0.324 e. The van der Waals surface area contributed by atoms with Crippen LogP contribution in [0, 0.1) is 20.8 Å². The molecule has 0 aliphatic carbocycles. The van der Waals surface area contributed by atoms with Crippen LogP contribution in [0.3, 0.4) is 0 Å². The van der Waals surface area contributed by atoms with Gasteiger partial charge in [-0.05, 0) is 67.8 Å². The fourth-order valence-corrected chi connectivity index (χ4v) is 3.91. The zero-order valence-corrected chi connectivity index (χ0v) is 18.4. The van der Waals surface area contributed by atoms with Gasteiger partial charge in [0.05, 0.1) is 11.9 Å². The predicted octanol–water partition coefficient (Wildman–Crippen LogP) is 3.91. The molecule has 0 aliphatic heterocycles. The number of rotatable bonds is 4. The number of halogens is 1. The van der Waals surface area contributed by atoms with E-state index in [9.17, 15) is 9.59 Å². The van der Waals surface area contributed by atoms with Crippen molar-refractivity contribution < 1.29 is 4.79 Å². The summed E-state index contributed by atoms with van der Waals surface area (Å²) >= 11 is 3.40. The van der Waals surface area contributed by atoms with E-state index in [-0.39, 0.29) is 18.0 Å². The number of aromatic nitrogens is 4. The molecule has 2 heterocycles. The molecule has 2 aromatic heterocycles. The molecular formula is C22H20BrN5O2. The monoisotopic (exact) mass is 465 g/mol. The number of nitrogens with zero attached hydrogens (tertiary/aromatic N) is 4. The number of carbonyl (C=O) groups excluding carboxylic acids is 1. The molecule has 0 saturated carbocycles. The van der Waals surface area contributed by atoms with Gasteiger partial charge in [0.25, 0.3) is 5.56 Å². The van der Waals surface area contributed by atoms with Crippen LogP contribution in [0.15, 0.2) is 58.2 Å². The molecule has 1 amide bonds. The Morgan fingerprint density at radius 2 is 1.83 bits per heavy atom. The van der Waals surface area contributed by atoms with Crippen LogP contribution in [0.5, 0.6) is 0 Å². The molecule has 0 atom stereocenters. The molecule has 30 heavy (non-hydrogen) atoms. The maximum absolute atomic E-state index is 12.9. The first kappa shape index (κ1) is 20.0. The molecule has 1 N–H and O–H groups in total. The summed E-state index contributed by atoms with van der Waals surface area (Å²) in [6, 6.07) is 11.6. The molecule has 0 bridgehead atoms. The van der Waals surface area contributed by atoms with Gasteiger partial charge < -0.3 is 5.32 Å². The Hall–Kier alpha value is -3.26. The van der Waals surface area contributed by atoms with Crippen molar-refractivity contribution in [2.75, 3.05) is 5.32 Å². The van der Waals surface area contributed by atoms with E-state index < -0.39 is 0 Å². The van der Waals surface area contributed by atoms with E-state index in [0.29, 0.717) is 16.7 Å². The van der Waals surface area contributed by atoms with Gasteiger partial charge >= 0.3 is 0 Å². The summed E-state index contributed by atoms with van der Waals surface area (Å²) in [5.41, 5.74) is 4.82. The molecule has 8 heteroatoms. The Morgan fingerprint density at radius 3 is 2.53 bits per heavy atom. The summed E-state index contributed by atoms with van der Waals surface area (Å²) in [5.74, 6) is -0.301. The molecule has 0 aliphatic rings. The van der Waals surface area contributed by atoms with Gasteiger partial charge in [-0.1, -0.05) is 22.0 Å². The maximum atomic E-state index is 12.9. The molecule has 7 nitrogen and oxygen atoms in total. The van der Waals surface area contributed by atoms with Gasteiger partial charge in [0.2, 0.25) is 5.91 Å². The van der Waals surface area contributed by atoms with Gasteiger partial charge in [-0.25, -0.2) is 9.67 Å². The molecule has 4 rings (SSSR count). The van der Waals surface area contributed by atoms with Crippen LogP contribution >= 0.6 is 15.9 Å². The van der Waals surface area contributed by atoms with Crippen LogP contribution in [0.2, 0.25) is 0 Å². The average Bonchev–Trinajstić information content (AvgIpc) is 3.10. The lowest BCUT2D eigenvalue weighted by Gasteiger charge is -2.10. The third-order valence-corrected chi connectivity index (χ3v) is 5.28. The van der Waals surface area contributed by atoms with E-state index in [4.69, 9.17) is 0 Å². The van der Waals surface area contributed by atoms with Gasteiger partial charge in [0.1, 0.15) is 18.3 Å². The van der Waals surface area contributed by atoms with Crippen molar-refractivity contribution in [3.8, 4) is 5.69 Å². The van der Waals surface area contributed by atoms with Gasteiger partial charge in [-0.15, -0.1) is 0 Å². The van der Waals surface area contributed by atoms with Gasteiger partial charge in [0.15, 0.2) is 5.65 Å². The lowest BCUT2D eigenvalue weighted by Crippen LogP contribution is -2.28. The highest BCUT2D eigenvalue weighted by molar-refractivity contribution is 9.10. The molecule has 0 saturated heterocycles. The van der Waals surface area contributed by atoms with Crippen LogP contribution in [0.1, 0.15) is 16.7 Å². The van der Waals surface area contributed by atoms with E-state index in [1.165, 1.54) is 17.1 Å². The first-order chi connectivity index (χ1) is 14.3. The first-order valence-electron chi connectivity index (χ1n) is 9.39. The summed E-state index contributed by atoms with van der Waals surface area (Å²) < 4.78 is 3.87. The Kier molecular flexibility index (Phi) is 5.26. The van der Waals surface area contributed by atoms with E-state index in [1.807, 2.05) is 51.1 Å². The quantitative estimate of drug-likeness (QED) is 0.495. The Balaban J connectivity index is 1.63. The van der Waals surface area contributed by atoms with Crippen LogP contribution in [-0.4, -0.2) is 25.2 Å². The molecule has 0 spiro atoms. The molecule has 4 aromatic rings. The summed E-state index contributed by atoms with van der Waals surface area (Å²) in [5, 5.41) is 7.55. The van der Waals surface area contributed by atoms with E-state index >= 15 is 0 Å². The SMILES string of the molecule is Cc1cc(C)cc(-n2ncc3c(=O)n(CC(=O)Nc4ccc(Br)cc4C)cnc32)c1. The molecular weight excluding hydrogens is 446 g/mol. The third-order valence-electron chi connectivity index (χ3n) is 4.78. The minimum absolute atomic E-state index is 0.133. The number of hydrogen-bond acceptors (Lipinski definition) is 4. The van der Waals surface area contributed by atoms with Crippen molar-refractivity contribution in [3.05, 3.63) is 80.4 Å². The number of nitrogens with one attached hydrogen (secondary N) is 1. The van der Waals surface area contributed by atoms with Gasteiger partial charge in [-0.3, -0.25) is 14.2 Å². The minimum atomic E-state index is -0.307. The number of carbonyl (C=O) groups is 1. The van der Waals surface area contributed by atoms with Crippen LogP contribution in [0.25, 0.3) is 16.7 Å². The highest BCUT2D eigenvalue weighted by atomic mass is 79.9. The highest BCUT2D eigenvalue weighted by Crippen LogP contribution is 2.20. The van der Waals surface area contributed by atoms with Crippen LogP contribution in [-0.2, 0) is 11.3 Å². The minimum Gasteiger partial charge on any atom is -0.324 e. The number of anilines is 1. The third kappa shape index (κ3) is 3.91. The maximum Gasteiger partial charge on any atom is 0.264 e. The summed E-state index contributed by atoms with van der Waals surface area (Å²) in [6.07, 6.45) is 2.88. The predicted molar refractivity (Wildman–Crippen MR) is 120 cm³/mol. The van der Waals surface area contributed by atoms with Crippen molar-refractivity contribution in [1.29, 1.82) is 0 Å². The lowest BCUT2D eigenvalue weighted by molar-refractivity contribution is -0.116. The topological polar surface area (TPSA) is 81.8 Å². The summed E-state index contributed by atoms with van der Waals surface area (Å²) in [6.45, 7) is 5.79. The summed E-state index contributed by atoms with van der Waals surface area (Å²) in [7, 11) is 0. The smallest absolute Gasteiger partial charge is 0.264 e. The van der Waals surface area contributed by atoms with Crippen molar-refractivity contribution in [3.63, 3.8) is 0 Å². The zero-order chi connectivity index (χ0) is 21.4. The van der Waals surface area contributed by atoms with Crippen LogP contribution < -0.4 is 10.9 Å². The second kappa shape index (κ2) is 7.87. The number of amides is 1. The van der Waals surface area contributed by atoms with Gasteiger partial charge in [0, 0.05) is 10.2 Å². The Bertz CT molecular complexity index is 1320. The number of fused-ring (bicyclic) bond motifs is 1. The molecule has 0 unspecified atom stereocenters. The van der Waals surface area contributed by atoms with E-state index in [2.05, 4.69) is 37.4 Å². The molecule has 0 fully saturated rings. The zero-order valence-electron chi connectivity index (χ0n) is 16.8. The molecule has 152 valence electrons. The highest BCUT2D eigenvalue weighted by Gasteiger charge is 2.14. The molecule has 0 radical (unpaired) electrons. The average molecular weight is 466 g/mol. The number of hydrogen-bond donors (Lipinski definition) is 1. The summed E-state index contributed by atoms with van der Waals surface area (Å²) in [4.78, 5) is 29.8. The first-order valence-corrected chi connectivity index (χ1v) is 10.2. The number of benzene rings is 2. The lowest BCUT2D eigenvalue weighted by atomic mass is 10.1. The van der Waals surface area contributed by atoms with Gasteiger partial charge in [-0.2, -0.15) is 5.10 Å². The standard InChI is InChI=1S/C22H20BrN5O2/c1-13-6-14(2)8-17(7-13)28-21-18(10-25-28)22(30)27(12-24-21)11-20(29)26-19-5-4-16(23)9-15(19)3/h4-10,12H,11H2,1-3H3,(H,26,29). The second-order valence-electron chi connectivity index (χ2n) is 7.32.